The fourth-order valence-electron chi connectivity index (χ4n) is 1.94. The standard InChI is InChI=1S/C10H19NO4S/c1-7(2)9(10(12)13)11-16(14,15)8-5-3-4-6-8/h7-9,11H,3-6H2,1-2H3,(H,12,13)/t9-/m1/s1. The van der Waals surface area contributed by atoms with Crippen molar-refractivity contribution in [1.82, 2.24) is 4.72 Å². The van der Waals surface area contributed by atoms with Crippen molar-refractivity contribution in [1.29, 1.82) is 0 Å². The monoisotopic (exact) mass is 249 g/mol. The lowest BCUT2D eigenvalue weighted by atomic mass is 10.1. The van der Waals surface area contributed by atoms with Crippen molar-refractivity contribution in [2.45, 2.75) is 50.8 Å². The summed E-state index contributed by atoms with van der Waals surface area (Å²) in [5.74, 6) is -1.37. The third kappa shape index (κ3) is 3.18. The van der Waals surface area contributed by atoms with Crippen LogP contribution in [-0.4, -0.2) is 30.8 Å². The summed E-state index contributed by atoms with van der Waals surface area (Å²) in [6.07, 6.45) is 3.09. The molecule has 0 amide bonds. The minimum atomic E-state index is -3.48. The molecule has 0 bridgehead atoms. The predicted molar refractivity (Wildman–Crippen MR) is 60.6 cm³/mol. The SMILES string of the molecule is CC(C)[C@@H](NS(=O)(=O)C1CCCC1)C(=O)O. The first-order valence-corrected chi connectivity index (χ1v) is 7.13. The summed E-state index contributed by atoms with van der Waals surface area (Å²) < 4.78 is 26.1. The van der Waals surface area contributed by atoms with E-state index in [9.17, 15) is 13.2 Å². The molecular formula is C10H19NO4S. The van der Waals surface area contributed by atoms with Gasteiger partial charge in [0.2, 0.25) is 10.0 Å². The van der Waals surface area contributed by atoms with Crippen LogP contribution in [0.3, 0.4) is 0 Å². The van der Waals surface area contributed by atoms with E-state index in [1.165, 1.54) is 0 Å². The Kier molecular flexibility index (Phi) is 4.32. The highest BCUT2D eigenvalue weighted by atomic mass is 32.2. The van der Waals surface area contributed by atoms with Crippen LogP contribution in [0.5, 0.6) is 0 Å². The average molecular weight is 249 g/mol. The lowest BCUT2D eigenvalue weighted by Gasteiger charge is -2.20. The van der Waals surface area contributed by atoms with E-state index in [1.54, 1.807) is 13.8 Å². The van der Waals surface area contributed by atoms with Gasteiger partial charge in [-0.05, 0) is 18.8 Å². The predicted octanol–water partition coefficient (Wildman–Crippen LogP) is 0.958. The van der Waals surface area contributed by atoms with Crippen LogP contribution in [0.2, 0.25) is 0 Å². The number of nitrogens with one attached hydrogen (secondary N) is 1. The molecule has 0 spiro atoms. The first-order chi connectivity index (χ1) is 7.34. The van der Waals surface area contributed by atoms with Gasteiger partial charge in [0.15, 0.2) is 0 Å². The Balaban J connectivity index is 2.73. The molecule has 94 valence electrons. The molecule has 1 aliphatic carbocycles. The molecule has 0 aromatic heterocycles. The van der Waals surface area contributed by atoms with Crippen molar-refractivity contribution < 1.29 is 18.3 Å². The van der Waals surface area contributed by atoms with Crippen molar-refractivity contribution in [3.05, 3.63) is 0 Å². The van der Waals surface area contributed by atoms with Gasteiger partial charge >= 0.3 is 5.97 Å². The first kappa shape index (κ1) is 13.4. The third-order valence-electron chi connectivity index (χ3n) is 2.96. The van der Waals surface area contributed by atoms with Crippen LogP contribution in [0, 0.1) is 5.92 Å². The van der Waals surface area contributed by atoms with E-state index in [-0.39, 0.29) is 5.92 Å². The first-order valence-electron chi connectivity index (χ1n) is 5.58. The summed E-state index contributed by atoms with van der Waals surface area (Å²) in [4.78, 5) is 10.9. The number of rotatable bonds is 5. The molecule has 1 rings (SSSR count). The summed E-state index contributed by atoms with van der Waals surface area (Å²) in [7, 11) is -3.48. The highest BCUT2D eigenvalue weighted by Crippen LogP contribution is 2.24. The van der Waals surface area contributed by atoms with Gasteiger partial charge in [-0.1, -0.05) is 26.7 Å². The van der Waals surface area contributed by atoms with Crippen molar-refractivity contribution in [3.8, 4) is 0 Å². The van der Waals surface area contributed by atoms with Crippen LogP contribution in [0.15, 0.2) is 0 Å². The summed E-state index contributed by atoms with van der Waals surface area (Å²) in [5.41, 5.74) is 0. The molecule has 0 aromatic carbocycles. The summed E-state index contributed by atoms with van der Waals surface area (Å²) in [6.45, 7) is 3.38. The molecule has 0 saturated heterocycles. The van der Waals surface area contributed by atoms with Gasteiger partial charge in [0.1, 0.15) is 6.04 Å². The molecule has 1 saturated carbocycles. The molecule has 1 fully saturated rings. The minimum absolute atomic E-state index is 0.256. The molecule has 0 radical (unpaired) electrons. The summed E-state index contributed by atoms with van der Waals surface area (Å²) >= 11 is 0. The molecule has 1 atom stereocenters. The number of aliphatic carboxylic acids is 1. The van der Waals surface area contributed by atoms with E-state index in [2.05, 4.69) is 4.72 Å². The molecule has 0 unspecified atom stereocenters. The van der Waals surface area contributed by atoms with E-state index >= 15 is 0 Å². The topological polar surface area (TPSA) is 83.5 Å². The van der Waals surface area contributed by atoms with Crippen LogP contribution in [-0.2, 0) is 14.8 Å². The van der Waals surface area contributed by atoms with Gasteiger partial charge in [0, 0.05) is 0 Å². The molecule has 0 aromatic rings. The van der Waals surface area contributed by atoms with E-state index in [4.69, 9.17) is 5.11 Å². The number of carbonyl (C=O) groups is 1. The Morgan fingerprint density at radius 2 is 1.81 bits per heavy atom. The lowest BCUT2D eigenvalue weighted by Crippen LogP contribution is -2.47. The summed E-state index contributed by atoms with van der Waals surface area (Å²) in [5, 5.41) is 8.51. The number of carboxylic acids is 1. The van der Waals surface area contributed by atoms with Crippen molar-refractivity contribution >= 4 is 16.0 Å². The fraction of sp³-hybridized carbons (Fsp3) is 0.900. The van der Waals surface area contributed by atoms with Crippen LogP contribution < -0.4 is 4.72 Å². The van der Waals surface area contributed by atoms with Crippen molar-refractivity contribution in [3.63, 3.8) is 0 Å². The number of hydrogen-bond donors (Lipinski definition) is 2. The van der Waals surface area contributed by atoms with Crippen LogP contribution in [0.25, 0.3) is 0 Å². The highest BCUT2D eigenvalue weighted by Gasteiger charge is 2.33. The molecule has 2 N–H and O–H groups in total. The van der Waals surface area contributed by atoms with Crippen LogP contribution >= 0.6 is 0 Å². The largest absolute Gasteiger partial charge is 0.480 e. The van der Waals surface area contributed by atoms with E-state index in [0.717, 1.165) is 12.8 Å². The second kappa shape index (κ2) is 5.14. The second-order valence-electron chi connectivity index (χ2n) is 4.63. The zero-order valence-corrected chi connectivity index (χ0v) is 10.5. The van der Waals surface area contributed by atoms with Gasteiger partial charge in [-0.3, -0.25) is 4.79 Å². The van der Waals surface area contributed by atoms with Crippen molar-refractivity contribution in [2.24, 2.45) is 5.92 Å². The Morgan fingerprint density at radius 3 is 2.19 bits per heavy atom. The lowest BCUT2D eigenvalue weighted by molar-refractivity contribution is -0.140. The maximum Gasteiger partial charge on any atom is 0.321 e. The average Bonchev–Trinajstić information content (AvgIpc) is 2.66. The Bertz CT molecular complexity index is 344. The molecule has 0 heterocycles. The minimum Gasteiger partial charge on any atom is -0.480 e. The highest BCUT2D eigenvalue weighted by molar-refractivity contribution is 7.90. The van der Waals surface area contributed by atoms with Gasteiger partial charge in [0.05, 0.1) is 5.25 Å². The Morgan fingerprint density at radius 1 is 1.31 bits per heavy atom. The zero-order valence-electron chi connectivity index (χ0n) is 9.64. The molecule has 1 aliphatic rings. The second-order valence-corrected chi connectivity index (χ2v) is 6.62. The van der Waals surface area contributed by atoms with Gasteiger partial charge in [-0.2, -0.15) is 0 Å². The molecule has 0 aliphatic heterocycles. The van der Waals surface area contributed by atoms with Gasteiger partial charge in [-0.15, -0.1) is 0 Å². The fourth-order valence-corrected chi connectivity index (χ4v) is 3.82. The molecule has 5 nitrogen and oxygen atoms in total. The van der Waals surface area contributed by atoms with Crippen LogP contribution in [0.4, 0.5) is 0 Å². The van der Waals surface area contributed by atoms with Crippen LogP contribution in [0.1, 0.15) is 39.5 Å². The van der Waals surface area contributed by atoms with Gasteiger partial charge in [-0.25, -0.2) is 13.1 Å². The summed E-state index contributed by atoms with van der Waals surface area (Å²) in [6, 6.07) is -1.02. The van der Waals surface area contributed by atoms with Gasteiger partial charge < -0.3 is 5.11 Å². The van der Waals surface area contributed by atoms with E-state index < -0.39 is 27.3 Å². The maximum atomic E-state index is 11.9. The molecule has 16 heavy (non-hydrogen) atoms. The number of hydrogen-bond acceptors (Lipinski definition) is 3. The van der Waals surface area contributed by atoms with Gasteiger partial charge in [0.25, 0.3) is 0 Å². The van der Waals surface area contributed by atoms with Crippen molar-refractivity contribution in [2.75, 3.05) is 0 Å². The Hall–Kier alpha value is -0.620. The van der Waals surface area contributed by atoms with E-state index in [1.807, 2.05) is 0 Å². The molecular weight excluding hydrogens is 230 g/mol. The number of sulfonamides is 1. The Labute approximate surface area is 96.3 Å². The number of carboxylic acid groups (broad SMARTS) is 1. The molecule has 6 heteroatoms. The third-order valence-corrected chi connectivity index (χ3v) is 4.90. The van der Waals surface area contributed by atoms with E-state index in [0.29, 0.717) is 12.8 Å². The smallest absolute Gasteiger partial charge is 0.321 e. The normalized spacial score (nSPS) is 20.2. The zero-order chi connectivity index (χ0) is 12.3. The quantitative estimate of drug-likeness (QED) is 0.760. The maximum absolute atomic E-state index is 11.9.